The molecule has 2 aromatic rings. The largest absolute Gasteiger partial charge is 0.502 e. The van der Waals surface area contributed by atoms with Gasteiger partial charge >= 0.3 is 23.7 Å². The molecule has 0 aromatic heterocycles. The summed E-state index contributed by atoms with van der Waals surface area (Å²) in [5.74, 6) is -12.5. The standard InChI is InChI=1S/C43H60N12O16/c1-3-22(2)35(54-43(68)71-21-23-8-5-4-6-9-23)40(65)51-25(10-7-17-48-42(46)47)36(61)49-26(12-15-32(44)57)37(62)50-27(13-16-33(45)58)38(63)52-28(39(64)53-29(41(66)67)20-34(59)60)18-24-11-14-31(56)30(19-24)55(69)70/h4-6,8-9,11,14,19,22,25-29,35,56H,3,7,10,12-13,15-18,20-21H2,1-2H3,(H2,44,57)(H2,45,58)(H,49,61)(H,50,62)(H,51,65)(H,52,63)(H,53,64)(H,54,68)(H,59,60)(H,66,67)(H4,46,47,48)/t22-,25-,26-,27-,28-,29-,35-/m0/s1. The molecule has 0 aliphatic heterocycles. The normalized spacial score (nSPS) is 13.7. The lowest BCUT2D eigenvalue weighted by molar-refractivity contribution is -0.385. The summed E-state index contributed by atoms with van der Waals surface area (Å²) < 4.78 is 5.30. The van der Waals surface area contributed by atoms with Crippen LogP contribution in [0.3, 0.4) is 0 Å². The number of carboxylic acid groups (broad SMARTS) is 2. The first-order valence-corrected chi connectivity index (χ1v) is 21.9. The Morgan fingerprint density at radius 1 is 0.690 bits per heavy atom. The Morgan fingerprint density at radius 3 is 1.69 bits per heavy atom. The number of carbonyl (C=O) groups is 10. The van der Waals surface area contributed by atoms with Crippen LogP contribution in [-0.2, 0) is 60.9 Å². The van der Waals surface area contributed by atoms with Crippen molar-refractivity contribution < 1.29 is 72.9 Å². The molecule has 0 saturated carbocycles. The highest BCUT2D eigenvalue weighted by atomic mass is 16.6. The lowest BCUT2D eigenvalue weighted by Crippen LogP contribution is -2.60. The number of primary amides is 2. The molecule has 17 N–H and O–H groups in total. The van der Waals surface area contributed by atoms with Gasteiger partial charge < -0.3 is 74.9 Å². The number of nitrogens with one attached hydrogen (secondary N) is 6. The van der Waals surface area contributed by atoms with E-state index >= 15 is 0 Å². The summed E-state index contributed by atoms with van der Waals surface area (Å²) in [4.78, 5) is 144. The molecule has 0 aliphatic rings. The van der Waals surface area contributed by atoms with Crippen LogP contribution in [0.25, 0.3) is 0 Å². The fourth-order valence-corrected chi connectivity index (χ4v) is 6.49. The summed E-state index contributed by atoms with van der Waals surface area (Å²) in [5, 5.41) is 54.3. The average Bonchev–Trinajstić information content (AvgIpc) is 3.30. The van der Waals surface area contributed by atoms with Crippen LogP contribution in [-0.4, -0.2) is 128 Å². The van der Waals surface area contributed by atoms with Crippen molar-refractivity contribution in [3.8, 4) is 5.75 Å². The van der Waals surface area contributed by atoms with E-state index in [9.17, 15) is 73.4 Å². The Hall–Kier alpha value is -8.59. The summed E-state index contributed by atoms with van der Waals surface area (Å²) in [6, 6.07) is 1.33. The number of phenolic OH excluding ortho intramolecular Hbond substituents is 1. The molecule has 0 radical (unpaired) electrons. The maximum absolute atomic E-state index is 14.1. The zero-order chi connectivity index (χ0) is 53.4. The number of ether oxygens (including phenoxy) is 1. The van der Waals surface area contributed by atoms with Gasteiger partial charge in [-0.15, -0.1) is 0 Å². The maximum Gasteiger partial charge on any atom is 0.408 e. The first-order valence-electron chi connectivity index (χ1n) is 21.9. The number of nitro benzene ring substituents is 1. The summed E-state index contributed by atoms with van der Waals surface area (Å²) in [6.45, 7) is 3.25. The molecule has 2 rings (SSSR count). The zero-order valence-electron chi connectivity index (χ0n) is 38.8. The van der Waals surface area contributed by atoms with E-state index in [1.165, 1.54) is 0 Å². The average molecular weight is 1000 g/mol. The summed E-state index contributed by atoms with van der Waals surface area (Å²) >= 11 is 0. The minimum absolute atomic E-state index is 0.0255. The molecular weight excluding hydrogens is 941 g/mol. The van der Waals surface area contributed by atoms with Crippen molar-refractivity contribution in [2.45, 2.75) is 114 Å². The molecule has 28 heteroatoms. The van der Waals surface area contributed by atoms with Gasteiger partial charge in [-0.25, -0.2) is 9.59 Å². The fraction of sp³-hybridized carbons (Fsp3) is 0.465. The number of hydrogen-bond donors (Lipinski definition) is 13. The predicted molar refractivity (Wildman–Crippen MR) is 248 cm³/mol. The van der Waals surface area contributed by atoms with E-state index in [1.807, 2.05) is 5.32 Å². The third-order valence-corrected chi connectivity index (χ3v) is 10.5. The van der Waals surface area contributed by atoms with Crippen molar-refractivity contribution in [2.75, 3.05) is 6.54 Å². The summed E-state index contributed by atoms with van der Waals surface area (Å²) in [5.41, 5.74) is 21.4. The minimum Gasteiger partial charge on any atom is -0.502 e. The molecule has 7 atom stereocenters. The Labute approximate surface area is 405 Å². The van der Waals surface area contributed by atoms with Crippen LogP contribution in [0.1, 0.15) is 76.3 Å². The van der Waals surface area contributed by atoms with E-state index in [-0.39, 0.29) is 37.5 Å². The number of alkyl carbamates (subject to hydrolysis) is 1. The number of rotatable bonds is 31. The lowest BCUT2D eigenvalue weighted by atomic mass is 9.97. The Kier molecular flexibility index (Phi) is 24.2. The van der Waals surface area contributed by atoms with Crippen molar-refractivity contribution in [3.63, 3.8) is 0 Å². The zero-order valence-corrected chi connectivity index (χ0v) is 38.8. The number of aliphatic imine (C=N–C) groups is 1. The van der Waals surface area contributed by atoms with Crippen LogP contribution in [0.15, 0.2) is 53.5 Å². The number of carboxylic acids is 2. The number of guanidine groups is 1. The van der Waals surface area contributed by atoms with Gasteiger partial charge in [0.1, 0.15) is 42.9 Å². The van der Waals surface area contributed by atoms with Gasteiger partial charge in [0.25, 0.3) is 0 Å². The SMILES string of the molecule is CC[C@H](C)[C@H](NC(=O)OCc1ccccc1)C(=O)N[C@@H](CCCN=C(N)N)C(=O)N[C@@H](CCC(N)=O)C(=O)N[C@@H](CCC(N)=O)C(=O)N[C@@H](Cc1ccc(O)c([N+](=O)[O-])c1)C(=O)N[C@@H](CC(=O)O)C(=O)O. The topological polar surface area (TPSA) is 472 Å². The van der Waals surface area contributed by atoms with E-state index in [4.69, 9.17) is 27.7 Å². The second-order valence-corrected chi connectivity index (χ2v) is 16.1. The van der Waals surface area contributed by atoms with Gasteiger partial charge in [-0.05, 0) is 48.8 Å². The number of aromatic hydroxyl groups is 1. The van der Waals surface area contributed by atoms with Gasteiger partial charge in [0.15, 0.2) is 11.7 Å². The third kappa shape index (κ3) is 21.5. The third-order valence-electron chi connectivity index (χ3n) is 10.5. The van der Waals surface area contributed by atoms with Crippen molar-refractivity contribution in [3.05, 3.63) is 69.8 Å². The fourth-order valence-electron chi connectivity index (χ4n) is 6.49. The van der Waals surface area contributed by atoms with Gasteiger partial charge in [-0.2, -0.15) is 0 Å². The number of benzene rings is 2. The van der Waals surface area contributed by atoms with E-state index in [2.05, 4.69) is 31.6 Å². The number of amides is 8. The molecular formula is C43H60N12O16. The second kappa shape index (κ2) is 29.3. The highest BCUT2D eigenvalue weighted by molar-refractivity contribution is 5.97. The van der Waals surface area contributed by atoms with E-state index in [1.54, 1.807) is 44.2 Å². The maximum atomic E-state index is 14.1. The Bertz CT molecular complexity index is 2280. The van der Waals surface area contributed by atoms with Crippen molar-refractivity contribution >= 4 is 71.0 Å². The van der Waals surface area contributed by atoms with Crippen molar-refractivity contribution in [2.24, 2.45) is 33.8 Å². The minimum atomic E-state index is -2.05. The smallest absolute Gasteiger partial charge is 0.408 e. The van der Waals surface area contributed by atoms with Gasteiger partial charge in [0.05, 0.1) is 11.3 Å². The van der Waals surface area contributed by atoms with Gasteiger partial charge in [0, 0.05) is 31.9 Å². The van der Waals surface area contributed by atoms with E-state index in [0.717, 1.165) is 18.2 Å². The monoisotopic (exact) mass is 1000 g/mol. The number of aliphatic carboxylic acids is 2. The highest BCUT2D eigenvalue weighted by Gasteiger charge is 2.35. The van der Waals surface area contributed by atoms with Crippen molar-refractivity contribution in [1.29, 1.82) is 0 Å². The van der Waals surface area contributed by atoms with Crippen LogP contribution in [0.4, 0.5) is 10.5 Å². The number of hydrogen-bond acceptors (Lipinski definition) is 15. The van der Waals surface area contributed by atoms with Crippen LogP contribution in [0.5, 0.6) is 5.75 Å². The molecule has 71 heavy (non-hydrogen) atoms. The van der Waals surface area contributed by atoms with Gasteiger partial charge in [0.2, 0.25) is 41.4 Å². The molecule has 0 bridgehead atoms. The molecule has 2 aromatic carbocycles. The molecule has 0 fully saturated rings. The number of nitrogens with two attached hydrogens (primary N) is 4. The Morgan fingerprint density at radius 2 is 1.20 bits per heavy atom. The molecule has 0 heterocycles. The lowest BCUT2D eigenvalue weighted by Gasteiger charge is -2.28. The number of carbonyl (C=O) groups excluding carboxylic acids is 8. The van der Waals surface area contributed by atoms with Crippen LogP contribution in [0, 0.1) is 16.0 Å². The van der Waals surface area contributed by atoms with Crippen LogP contribution < -0.4 is 54.8 Å². The number of nitrogens with zero attached hydrogens (tertiary/aromatic N) is 2. The highest BCUT2D eigenvalue weighted by Crippen LogP contribution is 2.27. The van der Waals surface area contributed by atoms with E-state index in [0.29, 0.717) is 12.0 Å². The predicted octanol–water partition coefficient (Wildman–Crippen LogP) is -2.25. The Balaban J connectivity index is 2.51. The molecule has 28 nitrogen and oxygen atoms in total. The number of nitro groups is 1. The van der Waals surface area contributed by atoms with Gasteiger partial charge in [-0.1, -0.05) is 56.7 Å². The first kappa shape index (κ1) is 58.5. The molecule has 0 spiro atoms. The number of phenols is 1. The summed E-state index contributed by atoms with van der Waals surface area (Å²) in [6.07, 6.45) is -4.68. The molecule has 8 amide bonds. The van der Waals surface area contributed by atoms with Crippen LogP contribution in [0.2, 0.25) is 0 Å². The van der Waals surface area contributed by atoms with E-state index < -0.39 is 156 Å². The van der Waals surface area contributed by atoms with Gasteiger partial charge in [-0.3, -0.25) is 53.5 Å². The molecule has 0 aliphatic carbocycles. The van der Waals surface area contributed by atoms with Crippen LogP contribution >= 0.6 is 0 Å². The molecule has 388 valence electrons. The quantitative estimate of drug-likeness (QED) is 0.0125. The summed E-state index contributed by atoms with van der Waals surface area (Å²) in [7, 11) is 0. The second-order valence-electron chi connectivity index (χ2n) is 16.1. The van der Waals surface area contributed by atoms with Crippen molar-refractivity contribution in [1.82, 2.24) is 31.9 Å². The molecule has 0 unspecified atom stereocenters. The molecule has 0 saturated heterocycles. The first-order chi connectivity index (χ1) is 33.4.